The molecule has 0 bridgehead atoms. The first-order chi connectivity index (χ1) is 30.3. The van der Waals surface area contributed by atoms with E-state index in [4.69, 9.17) is 0 Å². The van der Waals surface area contributed by atoms with E-state index in [1.54, 1.807) is 47.4 Å². The number of amides is 2. The number of phenols is 1. The first kappa shape index (κ1) is 43.2. The molecule has 0 radical (unpaired) electrons. The van der Waals surface area contributed by atoms with Gasteiger partial charge in [0.2, 0.25) is 11.8 Å². The summed E-state index contributed by atoms with van der Waals surface area (Å²) in [6.07, 6.45) is -0.850. The predicted molar refractivity (Wildman–Crippen MR) is 238 cm³/mol. The lowest BCUT2D eigenvalue weighted by atomic mass is 9.98. The van der Waals surface area contributed by atoms with E-state index < -0.39 is 23.9 Å². The summed E-state index contributed by atoms with van der Waals surface area (Å²) in [5.41, 5.74) is 5.85. The zero-order chi connectivity index (χ0) is 44.4. The Balaban J connectivity index is 1.04. The van der Waals surface area contributed by atoms with Crippen LogP contribution in [-0.4, -0.2) is 109 Å². The molecule has 2 N–H and O–H groups in total. The molecule has 0 aliphatic carbocycles. The number of carbonyl (C=O) groups is 2. The number of aryl methyl sites for hydroxylation is 1. The summed E-state index contributed by atoms with van der Waals surface area (Å²) in [4.78, 5) is 37.1. The molecule has 3 aliphatic heterocycles. The Kier molecular flexibility index (Phi) is 12.4. The highest BCUT2D eigenvalue weighted by atomic mass is 19.4. The number of halogens is 3. The van der Waals surface area contributed by atoms with Gasteiger partial charge in [0.25, 0.3) is 0 Å². The quantitative estimate of drug-likeness (QED) is 0.118. The van der Waals surface area contributed by atoms with Gasteiger partial charge in [-0.3, -0.25) is 19.5 Å². The van der Waals surface area contributed by atoms with E-state index in [9.17, 15) is 27.9 Å². The number of nitrogens with zero attached hydrogens (tertiary/aromatic N) is 7. The monoisotopic (exact) mass is 858 g/mol. The molecule has 11 nitrogen and oxygen atoms in total. The summed E-state index contributed by atoms with van der Waals surface area (Å²) < 4.78 is 41.4. The van der Waals surface area contributed by atoms with Crippen molar-refractivity contribution in [1.29, 1.82) is 0 Å². The molecule has 2 amide bonds. The fourth-order valence-electron chi connectivity index (χ4n) is 9.19. The van der Waals surface area contributed by atoms with E-state index >= 15 is 0 Å². The average Bonchev–Trinajstić information content (AvgIpc) is 3.62. The first-order valence-corrected chi connectivity index (χ1v) is 21.2. The maximum absolute atomic E-state index is 14.9. The summed E-state index contributed by atoms with van der Waals surface area (Å²) in [5, 5.41) is 18.5. The highest BCUT2D eigenvalue weighted by Gasteiger charge is 2.50. The van der Waals surface area contributed by atoms with Crippen molar-refractivity contribution in [3.63, 3.8) is 0 Å². The number of hydrazine groups is 1. The zero-order valence-corrected chi connectivity index (χ0v) is 35.5. The fourth-order valence-corrected chi connectivity index (χ4v) is 9.19. The number of aromatic hydroxyl groups is 1. The summed E-state index contributed by atoms with van der Waals surface area (Å²) in [6.45, 7) is 17.8. The molecule has 63 heavy (non-hydrogen) atoms. The summed E-state index contributed by atoms with van der Waals surface area (Å²) >= 11 is 0. The number of hydrogen-bond donors (Lipinski definition) is 2. The highest BCUT2D eigenvalue weighted by molar-refractivity contribution is 5.95. The largest absolute Gasteiger partial charge is 0.508 e. The number of carbonyl (C=O) groups excluding carboxylic acids is 2. The fraction of sp³-hybridized carbons (Fsp3) is 0.306. The minimum atomic E-state index is -4.36. The number of phenolic OH excluding ortho intramolecular Hbond substituents is 1. The highest BCUT2D eigenvalue weighted by Crippen LogP contribution is 2.35. The van der Waals surface area contributed by atoms with Gasteiger partial charge in [0.05, 0.1) is 24.2 Å². The van der Waals surface area contributed by atoms with Crippen LogP contribution < -0.4 is 5.32 Å². The van der Waals surface area contributed by atoms with Gasteiger partial charge >= 0.3 is 6.18 Å². The molecule has 3 fully saturated rings. The smallest absolute Gasteiger partial charge is 0.416 e. The summed E-state index contributed by atoms with van der Waals surface area (Å²) in [7, 11) is 2.00. The number of fused-ring (bicyclic) bond motifs is 2. The lowest BCUT2D eigenvalue weighted by Crippen LogP contribution is -2.75. The molecule has 4 aromatic carbocycles. The van der Waals surface area contributed by atoms with Crippen molar-refractivity contribution in [2.75, 3.05) is 45.8 Å². The molecule has 3 aliphatic rings. The van der Waals surface area contributed by atoms with Gasteiger partial charge in [0.15, 0.2) is 0 Å². The van der Waals surface area contributed by atoms with Crippen LogP contribution in [0.25, 0.3) is 16.6 Å². The van der Waals surface area contributed by atoms with Crippen LogP contribution in [0.3, 0.4) is 0 Å². The average molecular weight is 859 g/mol. The molecular formula is C49H53F3N8O3. The van der Waals surface area contributed by atoms with Crippen LogP contribution in [0.5, 0.6) is 5.75 Å². The van der Waals surface area contributed by atoms with Gasteiger partial charge in [-0.15, -0.1) is 6.58 Å². The number of para-hydroxylation sites is 1. The number of nitrogens with one attached hydrogen (secondary N) is 1. The topological polar surface area (TPSA) is 90.8 Å². The third-order valence-electron chi connectivity index (χ3n) is 12.4. The second-order valence-electron chi connectivity index (χ2n) is 16.5. The van der Waals surface area contributed by atoms with E-state index in [0.29, 0.717) is 38.5 Å². The zero-order valence-electron chi connectivity index (χ0n) is 35.5. The normalized spacial score (nSPS) is 18.8. The van der Waals surface area contributed by atoms with E-state index in [1.807, 2.05) is 64.4 Å². The molecule has 8 rings (SSSR count). The van der Waals surface area contributed by atoms with Gasteiger partial charge in [-0.1, -0.05) is 92.0 Å². The van der Waals surface area contributed by atoms with Crippen LogP contribution in [0.1, 0.15) is 33.4 Å². The Hall–Kier alpha value is -6.51. The van der Waals surface area contributed by atoms with Crippen molar-refractivity contribution >= 4 is 28.4 Å². The van der Waals surface area contributed by atoms with Crippen molar-refractivity contribution in [3.05, 3.63) is 168 Å². The van der Waals surface area contributed by atoms with Crippen molar-refractivity contribution in [2.45, 2.75) is 44.4 Å². The van der Waals surface area contributed by atoms with E-state index in [1.165, 1.54) is 0 Å². The van der Waals surface area contributed by atoms with Crippen LogP contribution in [-0.2, 0) is 48.9 Å². The lowest BCUT2D eigenvalue weighted by molar-refractivity contribution is -0.194. The van der Waals surface area contributed by atoms with Gasteiger partial charge < -0.3 is 29.7 Å². The number of piperazine rings is 2. The third kappa shape index (κ3) is 9.18. The second kappa shape index (κ2) is 18.1. The standard InChI is InChI=1S/C49H53F3N8O3/c1-5-22-58-33-46(62)59-44(27-36-16-20-41(61)21-17-36)48(63)57(32-45(59)60(58)35(3)53-28-37-10-7-6-8-11-37)30-39-12-9-13-42-43(31-54(4)47(39)42)34(2)56-25-23-55(24-26-56)29-38-14-18-40(19-15-38)49(50,51)52/h5-21,31,44-45,53,61H,1-3,22-30,32-33H2,4H3/t44-,45-/m0/s1. The number of benzene rings is 4. The van der Waals surface area contributed by atoms with Crippen molar-refractivity contribution in [3.8, 4) is 5.75 Å². The Labute approximate surface area is 366 Å². The number of aromatic nitrogens is 1. The van der Waals surface area contributed by atoms with Crippen molar-refractivity contribution < 1.29 is 27.9 Å². The van der Waals surface area contributed by atoms with E-state index in [0.717, 1.165) is 69.6 Å². The number of hydrogen-bond acceptors (Lipinski definition) is 8. The number of alkyl halides is 3. The summed E-state index contributed by atoms with van der Waals surface area (Å²) in [5.74, 6) is 0.372. The van der Waals surface area contributed by atoms with Crippen LogP contribution in [0.15, 0.2) is 135 Å². The molecule has 3 saturated heterocycles. The maximum atomic E-state index is 14.9. The molecule has 0 saturated carbocycles. The molecular weight excluding hydrogens is 806 g/mol. The minimum absolute atomic E-state index is 0.0391. The van der Waals surface area contributed by atoms with Gasteiger partial charge in [-0.25, -0.2) is 5.01 Å². The Morgan fingerprint density at radius 1 is 0.857 bits per heavy atom. The van der Waals surface area contributed by atoms with Gasteiger partial charge in [0, 0.05) is 88.7 Å². The molecule has 0 spiro atoms. The molecule has 4 heterocycles. The predicted octanol–water partition coefficient (Wildman–Crippen LogP) is 6.78. The molecule has 1 aromatic heterocycles. The Morgan fingerprint density at radius 2 is 1.56 bits per heavy atom. The van der Waals surface area contributed by atoms with Crippen LogP contribution >= 0.6 is 0 Å². The van der Waals surface area contributed by atoms with Crippen LogP contribution in [0.4, 0.5) is 13.2 Å². The molecule has 14 heteroatoms. The molecule has 5 aromatic rings. The molecule has 0 unspecified atom stereocenters. The van der Waals surface area contributed by atoms with Crippen LogP contribution in [0, 0.1) is 0 Å². The lowest BCUT2D eigenvalue weighted by Gasteiger charge is -2.56. The molecule has 328 valence electrons. The van der Waals surface area contributed by atoms with E-state index in [2.05, 4.69) is 51.7 Å². The third-order valence-corrected chi connectivity index (χ3v) is 12.4. The number of rotatable bonds is 14. The minimum Gasteiger partial charge on any atom is -0.508 e. The maximum Gasteiger partial charge on any atom is 0.416 e. The van der Waals surface area contributed by atoms with Crippen molar-refractivity contribution in [2.24, 2.45) is 7.05 Å². The Morgan fingerprint density at radius 3 is 2.24 bits per heavy atom. The van der Waals surface area contributed by atoms with Crippen molar-refractivity contribution in [1.82, 2.24) is 39.5 Å². The molecule has 2 atom stereocenters. The summed E-state index contributed by atoms with van der Waals surface area (Å²) in [6, 6.07) is 27.4. The Bertz CT molecular complexity index is 2480. The van der Waals surface area contributed by atoms with Gasteiger partial charge in [-0.05, 0) is 46.5 Å². The van der Waals surface area contributed by atoms with Crippen LogP contribution in [0.2, 0.25) is 0 Å². The van der Waals surface area contributed by atoms with Gasteiger partial charge in [0.1, 0.15) is 23.8 Å². The van der Waals surface area contributed by atoms with Gasteiger partial charge in [-0.2, -0.15) is 13.2 Å². The van der Waals surface area contributed by atoms with E-state index in [-0.39, 0.29) is 43.6 Å². The second-order valence-corrected chi connectivity index (χ2v) is 16.5. The first-order valence-electron chi connectivity index (χ1n) is 21.2. The SMILES string of the molecule is C=CCN1CC(=O)N2[C@@H](Cc3ccc(O)cc3)C(=O)N(Cc3cccc4c(C(=C)N5CCN(Cc6ccc(C(F)(F)F)cc6)CC5)cn(C)c34)C[C@@H]2N1C(=C)NCc1ccccc1.